The van der Waals surface area contributed by atoms with E-state index in [0.717, 1.165) is 11.3 Å². The Balaban J connectivity index is 2.45. The molecule has 0 unspecified atom stereocenters. The van der Waals surface area contributed by atoms with Crippen molar-refractivity contribution in [2.45, 2.75) is 6.54 Å². The lowest BCUT2D eigenvalue weighted by Crippen LogP contribution is -2.29. The summed E-state index contributed by atoms with van der Waals surface area (Å²) in [6.07, 6.45) is 0. The van der Waals surface area contributed by atoms with Gasteiger partial charge in [-0.05, 0) is 17.7 Å². The van der Waals surface area contributed by atoms with E-state index in [-0.39, 0.29) is 11.5 Å². The minimum absolute atomic E-state index is 0.00673. The monoisotopic (exact) mass is 377 g/mol. The molecule has 8 heteroatoms. The van der Waals surface area contributed by atoms with Gasteiger partial charge < -0.3 is 28.3 Å². The summed E-state index contributed by atoms with van der Waals surface area (Å²) in [7, 11) is 5.77. The fraction of sp³-hybridized carbons (Fsp3) is 0.368. The number of carbonyl (C=O) groups excluding carboxylic acids is 1. The van der Waals surface area contributed by atoms with Gasteiger partial charge >= 0.3 is 11.6 Å². The lowest BCUT2D eigenvalue weighted by Gasteiger charge is -2.26. The first kappa shape index (κ1) is 20.3. The zero-order valence-corrected chi connectivity index (χ0v) is 15.8. The number of esters is 1. The zero-order chi connectivity index (χ0) is 19.8. The van der Waals surface area contributed by atoms with Gasteiger partial charge in [0.25, 0.3) is 0 Å². The number of hydrogen-bond acceptors (Lipinski definition) is 8. The second-order valence-corrected chi connectivity index (χ2v) is 5.57. The molecule has 8 nitrogen and oxygen atoms in total. The number of rotatable bonds is 9. The third-order valence-electron chi connectivity index (χ3n) is 3.92. The molecule has 27 heavy (non-hydrogen) atoms. The molecule has 0 bridgehead atoms. The summed E-state index contributed by atoms with van der Waals surface area (Å²) in [5.41, 5.74) is 0.636. The predicted octanol–water partition coefficient (Wildman–Crippen LogP) is 2.10. The Kier molecular flexibility index (Phi) is 7.25. The molecule has 0 atom stereocenters. The first-order chi connectivity index (χ1) is 13.0. The summed E-state index contributed by atoms with van der Waals surface area (Å²) in [5, 5.41) is 0. The first-order valence-corrected chi connectivity index (χ1v) is 8.21. The highest BCUT2D eigenvalue weighted by Crippen LogP contribution is 2.28. The van der Waals surface area contributed by atoms with Crippen LogP contribution in [0.3, 0.4) is 0 Å². The van der Waals surface area contributed by atoms with Crippen LogP contribution in [-0.4, -0.2) is 47.6 Å². The molecular formula is C19H23NO7. The van der Waals surface area contributed by atoms with E-state index in [0.29, 0.717) is 25.4 Å². The Morgan fingerprint density at radius 1 is 1.07 bits per heavy atom. The summed E-state index contributed by atoms with van der Waals surface area (Å²) in [5.74, 6) is -0.192. The van der Waals surface area contributed by atoms with Crippen LogP contribution in [-0.2, 0) is 16.0 Å². The lowest BCUT2D eigenvalue weighted by atomic mass is 10.2. The summed E-state index contributed by atoms with van der Waals surface area (Å²) in [6, 6.07) is 8.96. The highest BCUT2D eigenvalue weighted by Gasteiger charge is 2.22. The van der Waals surface area contributed by atoms with E-state index in [1.54, 1.807) is 14.2 Å². The topological polar surface area (TPSA) is 87.4 Å². The molecule has 0 amide bonds. The van der Waals surface area contributed by atoms with E-state index in [1.165, 1.54) is 20.3 Å². The molecule has 146 valence electrons. The van der Waals surface area contributed by atoms with Crippen molar-refractivity contribution in [1.29, 1.82) is 0 Å². The van der Waals surface area contributed by atoms with E-state index >= 15 is 0 Å². The number of anilines is 1. The van der Waals surface area contributed by atoms with Gasteiger partial charge in [-0.2, -0.15) is 0 Å². The number of methoxy groups -OCH3 is 4. The molecule has 0 N–H and O–H groups in total. The van der Waals surface area contributed by atoms with Gasteiger partial charge in [-0.1, -0.05) is 12.1 Å². The van der Waals surface area contributed by atoms with Gasteiger partial charge in [0.15, 0.2) is 0 Å². The molecule has 2 aromatic rings. The fourth-order valence-electron chi connectivity index (χ4n) is 2.53. The van der Waals surface area contributed by atoms with Gasteiger partial charge in [-0.25, -0.2) is 9.59 Å². The Hall–Kier alpha value is -3.00. The third kappa shape index (κ3) is 5.01. The Labute approximate surface area is 157 Å². The molecule has 0 saturated heterocycles. The molecular weight excluding hydrogens is 354 g/mol. The van der Waals surface area contributed by atoms with E-state index < -0.39 is 11.6 Å². The van der Waals surface area contributed by atoms with Crippen molar-refractivity contribution in [2.75, 3.05) is 46.5 Å². The average Bonchev–Trinajstić information content (AvgIpc) is 2.70. The molecule has 0 aliphatic heterocycles. The van der Waals surface area contributed by atoms with Crippen LogP contribution in [0.4, 0.5) is 5.69 Å². The maximum absolute atomic E-state index is 12.3. The van der Waals surface area contributed by atoms with Gasteiger partial charge in [0.2, 0.25) is 11.5 Å². The van der Waals surface area contributed by atoms with Crippen LogP contribution in [0.5, 0.6) is 11.5 Å². The minimum Gasteiger partial charge on any atom is -0.497 e. The Morgan fingerprint density at radius 3 is 2.33 bits per heavy atom. The molecule has 1 heterocycles. The molecule has 2 rings (SSSR count). The van der Waals surface area contributed by atoms with Crippen LogP contribution in [0.1, 0.15) is 16.1 Å². The van der Waals surface area contributed by atoms with E-state index in [2.05, 4.69) is 4.74 Å². The van der Waals surface area contributed by atoms with E-state index in [4.69, 9.17) is 18.6 Å². The van der Waals surface area contributed by atoms with Gasteiger partial charge in [0, 0.05) is 26.3 Å². The number of hydrogen-bond donors (Lipinski definition) is 0. The molecule has 0 saturated carbocycles. The number of nitrogens with zero attached hydrogens (tertiary/aromatic N) is 1. The minimum atomic E-state index is -0.757. The second-order valence-electron chi connectivity index (χ2n) is 5.57. The maximum atomic E-state index is 12.3. The zero-order valence-electron chi connectivity index (χ0n) is 15.8. The van der Waals surface area contributed by atoms with Crippen LogP contribution in [0, 0.1) is 0 Å². The highest BCUT2D eigenvalue weighted by molar-refractivity contribution is 5.87. The third-order valence-corrected chi connectivity index (χ3v) is 3.92. The van der Waals surface area contributed by atoms with Gasteiger partial charge in [0.05, 0.1) is 33.6 Å². The molecule has 0 spiro atoms. The summed E-state index contributed by atoms with van der Waals surface area (Å²) >= 11 is 0. The molecule has 1 aromatic carbocycles. The highest BCUT2D eigenvalue weighted by atomic mass is 16.5. The SMILES string of the molecule is COCCN(Cc1ccc(OC)cc1)c1cc(C(=O)OC)oc(=O)c1OC. The lowest BCUT2D eigenvalue weighted by molar-refractivity contribution is 0.0559. The summed E-state index contributed by atoms with van der Waals surface area (Å²) in [6.45, 7) is 1.32. The van der Waals surface area contributed by atoms with Crippen molar-refractivity contribution in [1.82, 2.24) is 0 Å². The van der Waals surface area contributed by atoms with Crippen LogP contribution in [0.15, 0.2) is 39.5 Å². The van der Waals surface area contributed by atoms with Crippen molar-refractivity contribution in [3.05, 3.63) is 52.1 Å². The molecule has 0 radical (unpaired) electrons. The number of ether oxygens (including phenoxy) is 4. The van der Waals surface area contributed by atoms with Crippen molar-refractivity contribution in [3.63, 3.8) is 0 Å². The molecule has 1 aromatic heterocycles. The predicted molar refractivity (Wildman–Crippen MR) is 98.8 cm³/mol. The summed E-state index contributed by atoms with van der Waals surface area (Å²) < 4.78 is 25.2. The van der Waals surface area contributed by atoms with Crippen molar-refractivity contribution >= 4 is 11.7 Å². The Morgan fingerprint density at radius 2 is 1.78 bits per heavy atom. The van der Waals surface area contributed by atoms with Crippen molar-refractivity contribution in [2.24, 2.45) is 0 Å². The molecule has 0 fully saturated rings. The van der Waals surface area contributed by atoms with Crippen LogP contribution < -0.4 is 20.0 Å². The molecule has 0 aliphatic rings. The van der Waals surface area contributed by atoms with E-state index in [9.17, 15) is 9.59 Å². The molecule has 0 aliphatic carbocycles. The van der Waals surface area contributed by atoms with Crippen LogP contribution >= 0.6 is 0 Å². The van der Waals surface area contributed by atoms with Gasteiger partial charge in [-0.3, -0.25) is 0 Å². The number of benzene rings is 1. The van der Waals surface area contributed by atoms with Crippen LogP contribution in [0.2, 0.25) is 0 Å². The van der Waals surface area contributed by atoms with E-state index in [1.807, 2.05) is 29.2 Å². The van der Waals surface area contributed by atoms with Crippen molar-refractivity contribution in [3.8, 4) is 11.5 Å². The average molecular weight is 377 g/mol. The number of carbonyl (C=O) groups is 1. The van der Waals surface area contributed by atoms with Gasteiger partial charge in [-0.15, -0.1) is 0 Å². The Bertz CT molecular complexity index is 814. The quantitative estimate of drug-likeness (QED) is 0.614. The van der Waals surface area contributed by atoms with Crippen molar-refractivity contribution < 1.29 is 28.2 Å². The standard InChI is InChI=1S/C19H23NO7/c1-23-10-9-20(12-13-5-7-14(24-2)8-6-13)15-11-16(18(21)26-4)27-19(22)17(15)25-3/h5-8,11H,9-10,12H2,1-4H3. The smallest absolute Gasteiger partial charge is 0.381 e. The largest absolute Gasteiger partial charge is 0.497 e. The normalized spacial score (nSPS) is 10.4. The fourth-order valence-corrected chi connectivity index (χ4v) is 2.53. The van der Waals surface area contributed by atoms with Gasteiger partial charge in [0.1, 0.15) is 5.75 Å². The second kappa shape index (κ2) is 9.63. The maximum Gasteiger partial charge on any atom is 0.381 e. The van der Waals surface area contributed by atoms with Crippen LogP contribution in [0.25, 0.3) is 0 Å². The first-order valence-electron chi connectivity index (χ1n) is 8.21. The summed E-state index contributed by atoms with van der Waals surface area (Å²) in [4.78, 5) is 26.0.